The van der Waals surface area contributed by atoms with Gasteiger partial charge in [-0.25, -0.2) is 8.42 Å². The molecule has 5 heteroatoms. The van der Waals surface area contributed by atoms with Gasteiger partial charge in [-0.1, -0.05) is 0 Å². The molecule has 0 radical (unpaired) electrons. The molecule has 1 saturated heterocycles. The average Bonchev–Trinajstić information content (AvgIpc) is 2.29. The minimum Gasteiger partial charge on any atom is -0.396 e. The highest BCUT2D eigenvalue weighted by Gasteiger charge is 2.28. The predicted octanol–water partition coefficient (Wildman–Crippen LogP) is 0.704. The molecule has 1 heterocycles. The lowest BCUT2D eigenvalue weighted by Gasteiger charge is -2.32. The molecular weight excluding hydrogens is 238 g/mol. The van der Waals surface area contributed by atoms with Crippen LogP contribution in [0, 0.1) is 5.92 Å². The van der Waals surface area contributed by atoms with Crippen molar-refractivity contribution < 1.29 is 13.5 Å². The first-order valence-corrected chi connectivity index (χ1v) is 8.48. The lowest BCUT2D eigenvalue weighted by molar-refractivity contribution is 0.172. The van der Waals surface area contributed by atoms with Crippen molar-refractivity contribution in [1.82, 2.24) is 5.32 Å². The average molecular weight is 261 g/mol. The molecule has 1 aliphatic heterocycles. The first kappa shape index (κ1) is 13.3. The van der Waals surface area contributed by atoms with Gasteiger partial charge in [0.25, 0.3) is 0 Å². The lowest BCUT2D eigenvalue weighted by Crippen LogP contribution is -2.46. The molecule has 1 unspecified atom stereocenters. The van der Waals surface area contributed by atoms with Crippen molar-refractivity contribution in [3.63, 3.8) is 0 Å². The molecule has 0 aromatic carbocycles. The highest BCUT2D eigenvalue weighted by Crippen LogP contribution is 2.25. The Morgan fingerprint density at radius 3 is 2.35 bits per heavy atom. The number of hydrogen-bond acceptors (Lipinski definition) is 4. The third-order valence-electron chi connectivity index (χ3n) is 4.04. The fourth-order valence-corrected chi connectivity index (χ4v) is 4.65. The second kappa shape index (κ2) is 5.67. The van der Waals surface area contributed by atoms with Gasteiger partial charge in [-0.2, -0.15) is 0 Å². The van der Waals surface area contributed by atoms with Crippen LogP contribution >= 0.6 is 0 Å². The number of rotatable bonds is 3. The van der Waals surface area contributed by atoms with Crippen molar-refractivity contribution in [1.29, 1.82) is 0 Å². The molecule has 0 bridgehead atoms. The molecule has 1 aliphatic carbocycles. The highest BCUT2D eigenvalue weighted by molar-refractivity contribution is 7.91. The summed E-state index contributed by atoms with van der Waals surface area (Å²) in [6.07, 6.45) is 6.05. The van der Waals surface area contributed by atoms with Crippen LogP contribution in [0.3, 0.4) is 0 Å². The number of aliphatic hydroxyl groups is 1. The topological polar surface area (TPSA) is 66.4 Å². The summed E-state index contributed by atoms with van der Waals surface area (Å²) in [4.78, 5) is 0. The van der Waals surface area contributed by atoms with E-state index < -0.39 is 9.84 Å². The monoisotopic (exact) mass is 261 g/mol. The summed E-state index contributed by atoms with van der Waals surface area (Å²) in [5.74, 6) is 1.14. The normalized spacial score (nSPS) is 37.8. The molecule has 2 fully saturated rings. The number of hydrogen-bond donors (Lipinski definition) is 2. The molecule has 1 saturated carbocycles. The zero-order valence-corrected chi connectivity index (χ0v) is 11.1. The van der Waals surface area contributed by atoms with Crippen LogP contribution in [0.2, 0.25) is 0 Å². The summed E-state index contributed by atoms with van der Waals surface area (Å²) in [5.41, 5.74) is 0. The maximum Gasteiger partial charge on any atom is 0.151 e. The van der Waals surface area contributed by atoms with E-state index in [1.807, 2.05) is 0 Å². The summed E-state index contributed by atoms with van der Waals surface area (Å²) >= 11 is 0. The second-order valence-electron chi connectivity index (χ2n) is 5.52. The minimum absolute atomic E-state index is 0.157. The Bertz CT molecular complexity index is 334. The Kier molecular flexibility index (Phi) is 4.44. The standard InChI is InChI=1S/C12H23NO3S/c14-8-10-3-5-11(6-4-10)13-12-2-1-7-17(15,16)9-12/h10-14H,1-9H2. The van der Waals surface area contributed by atoms with Crippen LogP contribution in [-0.2, 0) is 9.84 Å². The van der Waals surface area contributed by atoms with Gasteiger partial charge in [-0.15, -0.1) is 0 Å². The first-order valence-electron chi connectivity index (χ1n) is 6.66. The van der Waals surface area contributed by atoms with Gasteiger partial charge < -0.3 is 10.4 Å². The van der Waals surface area contributed by atoms with Crippen molar-refractivity contribution in [3.8, 4) is 0 Å². The molecule has 0 amide bonds. The molecule has 17 heavy (non-hydrogen) atoms. The van der Waals surface area contributed by atoms with Gasteiger partial charge in [-0.05, 0) is 44.4 Å². The zero-order chi connectivity index (χ0) is 12.3. The van der Waals surface area contributed by atoms with E-state index in [2.05, 4.69) is 5.32 Å². The predicted molar refractivity (Wildman–Crippen MR) is 67.6 cm³/mol. The molecule has 2 N–H and O–H groups in total. The number of aliphatic hydroxyl groups excluding tert-OH is 1. The molecule has 2 rings (SSSR count). The summed E-state index contributed by atoms with van der Waals surface area (Å²) in [6, 6.07) is 0.612. The molecule has 0 spiro atoms. The number of nitrogens with one attached hydrogen (secondary N) is 1. The fourth-order valence-electron chi connectivity index (χ4n) is 3.00. The summed E-state index contributed by atoms with van der Waals surface area (Å²) in [7, 11) is -2.80. The molecule has 1 atom stereocenters. The fraction of sp³-hybridized carbons (Fsp3) is 1.00. The van der Waals surface area contributed by atoms with Crippen LogP contribution in [-0.4, -0.2) is 43.7 Å². The lowest BCUT2D eigenvalue weighted by atomic mass is 9.86. The van der Waals surface area contributed by atoms with Crippen LogP contribution in [0.15, 0.2) is 0 Å². The van der Waals surface area contributed by atoms with Crippen LogP contribution in [0.25, 0.3) is 0 Å². The first-order chi connectivity index (χ1) is 8.09. The SMILES string of the molecule is O=S1(=O)CCCC(NC2CCC(CO)CC2)C1. The van der Waals surface area contributed by atoms with Crippen LogP contribution in [0.4, 0.5) is 0 Å². The van der Waals surface area contributed by atoms with Crippen LogP contribution in [0.1, 0.15) is 38.5 Å². The Hall–Kier alpha value is -0.130. The van der Waals surface area contributed by atoms with Gasteiger partial charge >= 0.3 is 0 Å². The second-order valence-corrected chi connectivity index (χ2v) is 7.75. The van der Waals surface area contributed by atoms with Gasteiger partial charge in [0.2, 0.25) is 0 Å². The molecule has 4 nitrogen and oxygen atoms in total. The van der Waals surface area contributed by atoms with Gasteiger partial charge in [-0.3, -0.25) is 0 Å². The minimum atomic E-state index is -2.80. The number of sulfone groups is 1. The van der Waals surface area contributed by atoms with Gasteiger partial charge in [0.05, 0.1) is 11.5 Å². The third-order valence-corrected chi connectivity index (χ3v) is 5.86. The van der Waals surface area contributed by atoms with Crippen molar-refractivity contribution in [2.45, 2.75) is 50.6 Å². The van der Waals surface area contributed by atoms with Crippen molar-refractivity contribution in [3.05, 3.63) is 0 Å². The van der Waals surface area contributed by atoms with Crippen molar-refractivity contribution in [2.75, 3.05) is 18.1 Å². The summed E-state index contributed by atoms with van der Waals surface area (Å²) in [6.45, 7) is 0.296. The zero-order valence-electron chi connectivity index (χ0n) is 10.3. The summed E-state index contributed by atoms with van der Waals surface area (Å²) in [5, 5.41) is 12.6. The van der Waals surface area contributed by atoms with Gasteiger partial charge in [0.1, 0.15) is 0 Å². The largest absolute Gasteiger partial charge is 0.396 e. The van der Waals surface area contributed by atoms with E-state index in [1.165, 1.54) is 0 Å². The van der Waals surface area contributed by atoms with Gasteiger partial charge in [0.15, 0.2) is 9.84 Å². The molecule has 2 aliphatic rings. The third kappa shape index (κ3) is 3.93. The smallest absolute Gasteiger partial charge is 0.151 e. The van der Waals surface area contributed by atoms with E-state index in [0.717, 1.165) is 38.5 Å². The summed E-state index contributed by atoms with van der Waals surface area (Å²) < 4.78 is 23.1. The van der Waals surface area contributed by atoms with Gasteiger partial charge in [0, 0.05) is 18.7 Å². The van der Waals surface area contributed by atoms with Crippen molar-refractivity contribution in [2.24, 2.45) is 5.92 Å². The van der Waals surface area contributed by atoms with E-state index >= 15 is 0 Å². The van der Waals surface area contributed by atoms with Crippen molar-refractivity contribution >= 4 is 9.84 Å². The van der Waals surface area contributed by atoms with E-state index in [9.17, 15) is 8.42 Å². The quantitative estimate of drug-likeness (QED) is 0.785. The maximum absolute atomic E-state index is 11.5. The highest BCUT2D eigenvalue weighted by atomic mass is 32.2. The van der Waals surface area contributed by atoms with E-state index in [0.29, 0.717) is 30.1 Å². The van der Waals surface area contributed by atoms with Crippen LogP contribution in [0.5, 0.6) is 0 Å². The van der Waals surface area contributed by atoms with E-state index in [4.69, 9.17) is 5.11 Å². The molecule has 0 aromatic rings. The van der Waals surface area contributed by atoms with E-state index in [-0.39, 0.29) is 6.04 Å². The Morgan fingerprint density at radius 1 is 1.06 bits per heavy atom. The molecular formula is C12H23NO3S. The van der Waals surface area contributed by atoms with Crippen LogP contribution < -0.4 is 5.32 Å². The van der Waals surface area contributed by atoms with E-state index in [1.54, 1.807) is 0 Å². The maximum atomic E-state index is 11.5. The molecule has 0 aromatic heterocycles. The molecule has 100 valence electrons. The Labute approximate surface area is 104 Å². The Morgan fingerprint density at radius 2 is 1.76 bits per heavy atom. The Balaban J connectivity index is 1.78.